The fraction of sp³-hybridized carbons (Fsp3) is 1.00. The van der Waals surface area contributed by atoms with Crippen molar-refractivity contribution in [3.05, 3.63) is 0 Å². The largest absolute Gasteiger partial charge is 0.413 e. The van der Waals surface area contributed by atoms with E-state index in [0.717, 1.165) is 6.42 Å². The van der Waals surface area contributed by atoms with E-state index < -0.39 is 8.32 Å². The molecule has 18 heavy (non-hydrogen) atoms. The average molecular weight is 275 g/mol. The molecule has 2 nitrogen and oxygen atoms in total. The fourth-order valence-electron chi connectivity index (χ4n) is 2.10. The molecule has 0 saturated heterocycles. The number of aliphatic hydroxyl groups excluding tert-OH is 1. The number of aliphatic hydroxyl groups is 1. The van der Waals surface area contributed by atoms with Crippen molar-refractivity contribution in [1.29, 1.82) is 0 Å². The first kappa shape index (κ1) is 18.1. The minimum Gasteiger partial charge on any atom is -0.413 e. The van der Waals surface area contributed by atoms with Crippen LogP contribution in [-0.4, -0.2) is 25.6 Å². The van der Waals surface area contributed by atoms with E-state index in [4.69, 9.17) is 4.43 Å². The number of hydrogen-bond acceptors (Lipinski definition) is 2. The zero-order valence-electron chi connectivity index (χ0n) is 13.9. The maximum atomic E-state index is 9.57. The lowest BCUT2D eigenvalue weighted by atomic mass is 9.91. The van der Waals surface area contributed by atoms with E-state index in [0.29, 0.717) is 11.8 Å². The average Bonchev–Trinajstić information content (AvgIpc) is 2.10. The molecule has 1 unspecified atom stereocenters. The molecule has 0 aromatic heterocycles. The molecule has 0 spiro atoms. The second-order valence-corrected chi connectivity index (χ2v) is 12.4. The zero-order chi connectivity index (χ0) is 14.7. The topological polar surface area (TPSA) is 29.5 Å². The van der Waals surface area contributed by atoms with Crippen molar-refractivity contribution in [2.24, 2.45) is 11.8 Å². The highest BCUT2D eigenvalue weighted by molar-refractivity contribution is 6.74. The van der Waals surface area contributed by atoms with E-state index in [1.165, 1.54) is 0 Å². The molecule has 0 saturated carbocycles. The highest BCUT2D eigenvalue weighted by atomic mass is 28.4. The van der Waals surface area contributed by atoms with Crippen molar-refractivity contribution in [3.63, 3.8) is 0 Å². The van der Waals surface area contributed by atoms with Crippen LogP contribution < -0.4 is 0 Å². The summed E-state index contributed by atoms with van der Waals surface area (Å²) in [5, 5.41) is 9.81. The lowest BCUT2D eigenvalue weighted by Crippen LogP contribution is -2.47. The predicted octanol–water partition coefficient (Wildman–Crippen LogP) is 4.44. The van der Waals surface area contributed by atoms with Crippen molar-refractivity contribution >= 4 is 8.32 Å². The Morgan fingerprint density at radius 3 is 1.78 bits per heavy atom. The van der Waals surface area contributed by atoms with Gasteiger partial charge in [0, 0.05) is 6.10 Å². The van der Waals surface area contributed by atoms with Crippen LogP contribution in [0.4, 0.5) is 0 Å². The van der Waals surface area contributed by atoms with Gasteiger partial charge in [0.15, 0.2) is 8.32 Å². The van der Waals surface area contributed by atoms with Crippen molar-refractivity contribution in [2.45, 2.75) is 85.2 Å². The molecule has 3 heteroatoms. The van der Waals surface area contributed by atoms with Gasteiger partial charge in [-0.05, 0) is 43.3 Å². The van der Waals surface area contributed by atoms with Gasteiger partial charge in [-0.1, -0.05) is 41.5 Å². The van der Waals surface area contributed by atoms with Gasteiger partial charge in [-0.2, -0.15) is 0 Å². The van der Waals surface area contributed by atoms with Crippen LogP contribution in [-0.2, 0) is 4.43 Å². The van der Waals surface area contributed by atoms with Gasteiger partial charge in [0.25, 0.3) is 0 Å². The lowest BCUT2D eigenvalue weighted by Gasteiger charge is -2.42. The molecule has 0 radical (unpaired) electrons. The molecule has 0 aromatic rings. The molecule has 0 aliphatic rings. The third-order valence-electron chi connectivity index (χ3n) is 4.17. The molecule has 0 amide bonds. The summed E-state index contributed by atoms with van der Waals surface area (Å²) in [7, 11) is -1.73. The first-order valence-electron chi connectivity index (χ1n) is 7.24. The van der Waals surface area contributed by atoms with Crippen LogP contribution in [0.25, 0.3) is 0 Å². The Bertz CT molecular complexity index is 241. The molecule has 1 N–H and O–H groups in total. The van der Waals surface area contributed by atoms with Crippen molar-refractivity contribution in [3.8, 4) is 0 Å². The SMILES string of the molecule is CC(O)C[C@@H](C)[C@H](O[Si](C)(C)C(C)(C)C)C(C)C. The summed E-state index contributed by atoms with van der Waals surface area (Å²) >= 11 is 0. The Balaban J connectivity index is 4.84. The Morgan fingerprint density at radius 2 is 1.50 bits per heavy atom. The second kappa shape index (κ2) is 6.53. The molecule has 0 heterocycles. The van der Waals surface area contributed by atoms with Gasteiger partial charge in [0.1, 0.15) is 0 Å². The lowest BCUT2D eigenvalue weighted by molar-refractivity contribution is 0.0528. The Hall–Kier alpha value is 0.137. The van der Waals surface area contributed by atoms with Gasteiger partial charge in [-0.25, -0.2) is 0 Å². The van der Waals surface area contributed by atoms with E-state index >= 15 is 0 Å². The summed E-state index contributed by atoms with van der Waals surface area (Å²) in [5.74, 6) is 0.895. The highest BCUT2D eigenvalue weighted by Crippen LogP contribution is 2.39. The van der Waals surface area contributed by atoms with Gasteiger partial charge in [-0.3, -0.25) is 0 Å². The summed E-state index contributed by atoms with van der Waals surface area (Å²) in [6.45, 7) is 19.9. The van der Waals surface area contributed by atoms with Gasteiger partial charge in [0.05, 0.1) is 6.10 Å². The monoisotopic (exact) mass is 274 g/mol. The predicted molar refractivity (Wildman–Crippen MR) is 82.4 cm³/mol. The maximum absolute atomic E-state index is 9.57. The molecule has 0 rings (SSSR count). The molecule has 0 fully saturated rings. The Morgan fingerprint density at radius 1 is 1.06 bits per heavy atom. The summed E-state index contributed by atoms with van der Waals surface area (Å²) in [4.78, 5) is 0. The first-order valence-corrected chi connectivity index (χ1v) is 10.1. The first-order chi connectivity index (χ1) is 7.88. The van der Waals surface area contributed by atoms with E-state index in [1.807, 2.05) is 6.92 Å². The highest BCUT2D eigenvalue weighted by Gasteiger charge is 2.40. The third-order valence-corrected chi connectivity index (χ3v) is 8.64. The van der Waals surface area contributed by atoms with Crippen LogP contribution in [0.15, 0.2) is 0 Å². The van der Waals surface area contributed by atoms with Gasteiger partial charge >= 0.3 is 0 Å². The molecule has 3 atom stereocenters. The molecule has 0 aliphatic heterocycles. The van der Waals surface area contributed by atoms with E-state index in [9.17, 15) is 5.11 Å². The van der Waals surface area contributed by atoms with E-state index in [2.05, 4.69) is 54.6 Å². The van der Waals surface area contributed by atoms with E-state index in [-0.39, 0.29) is 17.2 Å². The summed E-state index contributed by atoms with van der Waals surface area (Å²) in [5.41, 5.74) is 0. The second-order valence-electron chi connectivity index (χ2n) is 7.65. The van der Waals surface area contributed by atoms with Gasteiger partial charge < -0.3 is 9.53 Å². The van der Waals surface area contributed by atoms with Crippen LogP contribution in [0.5, 0.6) is 0 Å². The van der Waals surface area contributed by atoms with Crippen LogP contribution in [0.2, 0.25) is 18.1 Å². The molecule has 0 bridgehead atoms. The maximum Gasteiger partial charge on any atom is 0.192 e. The minimum atomic E-state index is -1.73. The van der Waals surface area contributed by atoms with Crippen LogP contribution in [0.1, 0.15) is 54.9 Å². The smallest absolute Gasteiger partial charge is 0.192 e. The van der Waals surface area contributed by atoms with Gasteiger partial charge in [0.2, 0.25) is 0 Å². The molecule has 0 aromatic carbocycles. The Labute approximate surface area is 115 Å². The van der Waals surface area contributed by atoms with Crippen molar-refractivity contribution < 1.29 is 9.53 Å². The van der Waals surface area contributed by atoms with Gasteiger partial charge in [-0.15, -0.1) is 0 Å². The minimum absolute atomic E-state index is 0.241. The van der Waals surface area contributed by atoms with Crippen LogP contribution in [0.3, 0.4) is 0 Å². The molecular formula is C15H34O2Si. The fourth-order valence-corrected chi connectivity index (χ4v) is 3.64. The number of rotatable bonds is 6. The zero-order valence-corrected chi connectivity index (χ0v) is 14.9. The van der Waals surface area contributed by atoms with Crippen molar-refractivity contribution in [1.82, 2.24) is 0 Å². The van der Waals surface area contributed by atoms with Crippen molar-refractivity contribution in [2.75, 3.05) is 0 Å². The Kier molecular flexibility index (Phi) is 6.58. The quantitative estimate of drug-likeness (QED) is 0.726. The van der Waals surface area contributed by atoms with E-state index in [1.54, 1.807) is 0 Å². The summed E-state index contributed by atoms with van der Waals surface area (Å²) < 4.78 is 6.55. The van der Waals surface area contributed by atoms with Crippen LogP contribution >= 0.6 is 0 Å². The molecule has 110 valence electrons. The molecular weight excluding hydrogens is 240 g/mol. The normalized spacial score (nSPS) is 18.8. The third kappa shape index (κ3) is 5.41. The summed E-state index contributed by atoms with van der Waals surface area (Å²) in [6, 6.07) is 0. The van der Waals surface area contributed by atoms with Crippen LogP contribution in [0, 0.1) is 11.8 Å². The summed E-state index contributed by atoms with van der Waals surface area (Å²) in [6.07, 6.45) is 0.821. The standard InChI is InChI=1S/C15H34O2Si/c1-11(2)14(12(3)10-13(4)16)17-18(8,9)15(5,6)7/h11-14,16H,10H2,1-9H3/t12-,13?,14-/m1/s1. The number of hydrogen-bond donors (Lipinski definition) is 1. The molecule has 0 aliphatic carbocycles.